The van der Waals surface area contributed by atoms with E-state index in [-0.39, 0.29) is 11.3 Å². The van der Waals surface area contributed by atoms with Gasteiger partial charge in [0.05, 0.1) is 30.9 Å². The van der Waals surface area contributed by atoms with Crippen molar-refractivity contribution in [3.8, 4) is 17.2 Å². The van der Waals surface area contributed by atoms with Crippen LogP contribution in [0.1, 0.15) is 41.5 Å². The van der Waals surface area contributed by atoms with Crippen LogP contribution in [-0.4, -0.2) is 38.7 Å². The smallest absolute Gasteiger partial charge is 0.338 e. The molecule has 156 valence electrons. The van der Waals surface area contributed by atoms with Gasteiger partial charge in [-0.05, 0) is 49.2 Å². The number of ether oxygens (including phenoxy) is 4. The molecule has 0 spiro atoms. The molecule has 0 atom stereocenters. The molecule has 0 aliphatic heterocycles. The number of ketones is 1. The number of esters is 1. The first-order chi connectivity index (χ1) is 13.8. The Morgan fingerprint density at radius 3 is 2.28 bits per heavy atom. The average Bonchev–Trinajstić information content (AvgIpc) is 2.70. The van der Waals surface area contributed by atoms with Gasteiger partial charge in [-0.1, -0.05) is 25.4 Å². The summed E-state index contributed by atoms with van der Waals surface area (Å²) >= 11 is 6.03. The predicted octanol–water partition coefficient (Wildman–Crippen LogP) is 4.82. The van der Waals surface area contributed by atoms with Crippen molar-refractivity contribution < 1.29 is 28.5 Å². The highest BCUT2D eigenvalue weighted by Crippen LogP contribution is 2.29. The van der Waals surface area contributed by atoms with E-state index >= 15 is 0 Å². The minimum atomic E-state index is -0.630. The van der Waals surface area contributed by atoms with E-state index in [1.807, 2.05) is 20.8 Å². The molecule has 29 heavy (non-hydrogen) atoms. The first-order valence-electron chi connectivity index (χ1n) is 9.29. The first-order valence-corrected chi connectivity index (χ1v) is 9.67. The Morgan fingerprint density at radius 1 is 0.966 bits per heavy atom. The second kappa shape index (κ2) is 10.7. The lowest BCUT2D eigenvalue weighted by Gasteiger charge is -2.14. The molecular formula is C22H25ClO6. The van der Waals surface area contributed by atoms with Crippen molar-refractivity contribution in [2.24, 2.45) is 5.92 Å². The summed E-state index contributed by atoms with van der Waals surface area (Å²) in [6.45, 7) is 6.47. The predicted molar refractivity (Wildman–Crippen MR) is 111 cm³/mol. The molecule has 7 heteroatoms. The maximum Gasteiger partial charge on any atom is 0.338 e. The zero-order chi connectivity index (χ0) is 21.4. The van der Waals surface area contributed by atoms with Crippen molar-refractivity contribution in [1.82, 2.24) is 0 Å². The van der Waals surface area contributed by atoms with E-state index in [4.69, 9.17) is 30.5 Å². The minimum absolute atomic E-state index is 0.269. The van der Waals surface area contributed by atoms with Gasteiger partial charge in [-0.25, -0.2) is 4.79 Å². The second-order valence-corrected chi connectivity index (χ2v) is 7.06. The van der Waals surface area contributed by atoms with Crippen LogP contribution >= 0.6 is 11.6 Å². The van der Waals surface area contributed by atoms with Crippen LogP contribution in [0.4, 0.5) is 0 Å². The summed E-state index contributed by atoms with van der Waals surface area (Å²) < 4.78 is 21.5. The molecule has 0 aromatic heterocycles. The van der Waals surface area contributed by atoms with E-state index in [0.29, 0.717) is 47.0 Å². The highest BCUT2D eigenvalue weighted by molar-refractivity contribution is 6.32. The van der Waals surface area contributed by atoms with Gasteiger partial charge in [-0.3, -0.25) is 4.79 Å². The van der Waals surface area contributed by atoms with Gasteiger partial charge in [0.25, 0.3) is 0 Å². The molecule has 0 saturated carbocycles. The van der Waals surface area contributed by atoms with Crippen molar-refractivity contribution in [1.29, 1.82) is 0 Å². The Labute approximate surface area is 175 Å². The standard InChI is InChI=1S/C22H25ClO6/c1-5-27-21-11-16(7-9-20(21)28-12-14(2)3)22(25)29-13-18(24)15-6-8-19(26-4)17(23)10-15/h6-11,14H,5,12-13H2,1-4H3. The third kappa shape index (κ3) is 6.39. The van der Waals surface area contributed by atoms with Crippen LogP contribution in [0.2, 0.25) is 5.02 Å². The summed E-state index contributed by atoms with van der Waals surface area (Å²) in [4.78, 5) is 24.6. The molecular weight excluding hydrogens is 396 g/mol. The van der Waals surface area contributed by atoms with Crippen LogP contribution < -0.4 is 14.2 Å². The van der Waals surface area contributed by atoms with E-state index < -0.39 is 12.6 Å². The summed E-state index contributed by atoms with van der Waals surface area (Å²) in [5.74, 6) is 0.825. The fraction of sp³-hybridized carbons (Fsp3) is 0.364. The number of rotatable bonds is 10. The van der Waals surface area contributed by atoms with Crippen molar-refractivity contribution in [3.05, 3.63) is 52.5 Å². The van der Waals surface area contributed by atoms with Gasteiger partial charge >= 0.3 is 5.97 Å². The van der Waals surface area contributed by atoms with Crippen LogP contribution in [0.3, 0.4) is 0 Å². The van der Waals surface area contributed by atoms with Gasteiger partial charge in [-0.2, -0.15) is 0 Å². The Kier molecular flexibility index (Phi) is 8.34. The lowest BCUT2D eigenvalue weighted by atomic mass is 10.1. The molecule has 2 rings (SSSR count). The van der Waals surface area contributed by atoms with Crippen LogP contribution in [-0.2, 0) is 4.74 Å². The zero-order valence-corrected chi connectivity index (χ0v) is 17.7. The maximum absolute atomic E-state index is 12.4. The normalized spacial score (nSPS) is 10.6. The topological polar surface area (TPSA) is 71.1 Å². The number of hydrogen-bond acceptors (Lipinski definition) is 6. The van der Waals surface area contributed by atoms with Crippen molar-refractivity contribution >= 4 is 23.4 Å². The van der Waals surface area contributed by atoms with Gasteiger partial charge in [0.1, 0.15) is 5.75 Å². The number of hydrogen-bond donors (Lipinski definition) is 0. The van der Waals surface area contributed by atoms with E-state index in [1.165, 1.54) is 13.2 Å². The van der Waals surface area contributed by atoms with Gasteiger partial charge in [0, 0.05) is 5.56 Å². The molecule has 0 radical (unpaired) electrons. The lowest BCUT2D eigenvalue weighted by Crippen LogP contribution is -2.14. The van der Waals surface area contributed by atoms with Crippen molar-refractivity contribution in [2.75, 3.05) is 26.9 Å². The molecule has 0 N–H and O–H groups in total. The van der Waals surface area contributed by atoms with Crippen LogP contribution in [0, 0.1) is 5.92 Å². The third-order valence-electron chi connectivity index (χ3n) is 3.86. The second-order valence-electron chi connectivity index (χ2n) is 6.65. The van der Waals surface area contributed by atoms with Crippen LogP contribution in [0.15, 0.2) is 36.4 Å². The van der Waals surface area contributed by atoms with Crippen LogP contribution in [0.25, 0.3) is 0 Å². The summed E-state index contributed by atoms with van der Waals surface area (Å²) in [7, 11) is 1.49. The molecule has 0 aliphatic rings. The Balaban J connectivity index is 2.05. The van der Waals surface area contributed by atoms with E-state index in [0.717, 1.165) is 0 Å². The lowest BCUT2D eigenvalue weighted by molar-refractivity contribution is 0.0474. The summed E-state index contributed by atoms with van der Waals surface area (Å²) in [6, 6.07) is 9.42. The van der Waals surface area contributed by atoms with Crippen LogP contribution in [0.5, 0.6) is 17.2 Å². The molecule has 0 saturated heterocycles. The number of carbonyl (C=O) groups excluding carboxylic acids is 2. The number of Topliss-reactive ketones (excluding diaryl/α,β-unsaturated/α-hetero) is 1. The number of halogens is 1. The molecule has 6 nitrogen and oxygen atoms in total. The first kappa shape index (κ1) is 22.6. The minimum Gasteiger partial charge on any atom is -0.495 e. The molecule has 2 aromatic rings. The fourth-order valence-electron chi connectivity index (χ4n) is 2.42. The summed E-state index contributed by atoms with van der Waals surface area (Å²) in [5.41, 5.74) is 0.599. The van der Waals surface area contributed by atoms with Gasteiger partial charge in [0.15, 0.2) is 23.9 Å². The van der Waals surface area contributed by atoms with E-state index in [2.05, 4.69) is 0 Å². The number of carbonyl (C=O) groups is 2. The number of benzene rings is 2. The SMILES string of the molecule is CCOc1cc(C(=O)OCC(=O)c2ccc(OC)c(Cl)c2)ccc1OCC(C)C. The molecule has 0 amide bonds. The molecule has 0 heterocycles. The highest BCUT2D eigenvalue weighted by atomic mass is 35.5. The summed E-state index contributed by atoms with van der Waals surface area (Å²) in [6.07, 6.45) is 0. The molecule has 0 aliphatic carbocycles. The van der Waals surface area contributed by atoms with Gasteiger partial charge in [-0.15, -0.1) is 0 Å². The number of methoxy groups -OCH3 is 1. The molecule has 0 bridgehead atoms. The quantitative estimate of drug-likeness (QED) is 0.405. The molecule has 0 fully saturated rings. The highest BCUT2D eigenvalue weighted by Gasteiger charge is 2.16. The molecule has 2 aromatic carbocycles. The van der Waals surface area contributed by atoms with Crippen molar-refractivity contribution in [2.45, 2.75) is 20.8 Å². The Morgan fingerprint density at radius 2 is 1.66 bits per heavy atom. The fourth-order valence-corrected chi connectivity index (χ4v) is 2.67. The Bertz CT molecular complexity index is 862. The average molecular weight is 421 g/mol. The zero-order valence-electron chi connectivity index (χ0n) is 17.0. The van der Waals surface area contributed by atoms with E-state index in [9.17, 15) is 9.59 Å². The maximum atomic E-state index is 12.4. The monoisotopic (exact) mass is 420 g/mol. The third-order valence-corrected chi connectivity index (χ3v) is 4.15. The Hall–Kier alpha value is -2.73. The summed E-state index contributed by atoms with van der Waals surface area (Å²) in [5, 5.41) is 0.308. The van der Waals surface area contributed by atoms with Gasteiger partial charge in [0.2, 0.25) is 0 Å². The van der Waals surface area contributed by atoms with Gasteiger partial charge < -0.3 is 18.9 Å². The molecule has 0 unspecified atom stereocenters. The van der Waals surface area contributed by atoms with E-state index in [1.54, 1.807) is 30.3 Å². The largest absolute Gasteiger partial charge is 0.495 e. The van der Waals surface area contributed by atoms with Crippen molar-refractivity contribution in [3.63, 3.8) is 0 Å².